The summed E-state index contributed by atoms with van der Waals surface area (Å²) in [5.41, 5.74) is 4.61. The fourth-order valence-corrected chi connectivity index (χ4v) is 2.99. The predicted molar refractivity (Wildman–Crippen MR) is 127 cm³/mol. The van der Waals surface area contributed by atoms with Crippen molar-refractivity contribution >= 4 is 12.1 Å². The molecule has 1 amide bonds. The van der Waals surface area contributed by atoms with Gasteiger partial charge in [-0.2, -0.15) is 5.10 Å². The lowest BCUT2D eigenvalue weighted by Crippen LogP contribution is -2.17. The van der Waals surface area contributed by atoms with Crippen LogP contribution in [0.4, 0.5) is 0 Å². The second kappa shape index (κ2) is 11.9. The Bertz CT molecular complexity index is 1190. The molecular weight excluding hydrogens is 432 g/mol. The minimum Gasteiger partial charge on any atom is -0.494 e. The normalized spacial score (nSPS) is 10.8. The Labute approximate surface area is 197 Å². The first-order chi connectivity index (χ1) is 16.8. The highest BCUT2D eigenvalue weighted by atomic mass is 16.5. The minimum absolute atomic E-state index is 0.290. The molecule has 9 heteroatoms. The van der Waals surface area contributed by atoms with E-state index in [9.17, 15) is 4.79 Å². The summed E-state index contributed by atoms with van der Waals surface area (Å²) in [5, 5.41) is 12.2. The fourth-order valence-electron chi connectivity index (χ4n) is 2.99. The molecule has 0 saturated heterocycles. The largest absolute Gasteiger partial charge is 0.494 e. The van der Waals surface area contributed by atoms with Crippen LogP contribution in [0, 0.1) is 0 Å². The monoisotopic (exact) mass is 456 g/mol. The van der Waals surface area contributed by atoms with Gasteiger partial charge in [0.1, 0.15) is 23.8 Å². The van der Waals surface area contributed by atoms with E-state index < -0.39 is 0 Å². The van der Waals surface area contributed by atoms with Crippen LogP contribution in [0.15, 0.2) is 90.4 Å². The molecule has 172 valence electrons. The van der Waals surface area contributed by atoms with Gasteiger partial charge in [0.15, 0.2) is 0 Å². The van der Waals surface area contributed by atoms with Crippen molar-refractivity contribution < 1.29 is 14.3 Å². The zero-order chi connectivity index (χ0) is 23.4. The lowest BCUT2D eigenvalue weighted by atomic mass is 10.2. The molecule has 2 aromatic heterocycles. The van der Waals surface area contributed by atoms with Crippen molar-refractivity contribution in [2.45, 2.75) is 19.6 Å². The van der Waals surface area contributed by atoms with E-state index in [1.165, 1.54) is 0 Å². The molecule has 2 aromatic carbocycles. The van der Waals surface area contributed by atoms with Crippen molar-refractivity contribution in [2.24, 2.45) is 5.10 Å². The van der Waals surface area contributed by atoms with Crippen LogP contribution >= 0.6 is 0 Å². The maximum Gasteiger partial charge on any atom is 0.271 e. The predicted octanol–water partition coefficient (Wildman–Crippen LogP) is 3.49. The molecule has 0 fully saturated rings. The molecular formula is C25H24N6O3. The maximum absolute atomic E-state index is 11.9. The van der Waals surface area contributed by atoms with Gasteiger partial charge in [0.05, 0.1) is 19.0 Å². The van der Waals surface area contributed by atoms with Gasteiger partial charge in [-0.15, -0.1) is 5.10 Å². The Kier molecular flexibility index (Phi) is 7.94. The average molecular weight is 457 g/mol. The van der Waals surface area contributed by atoms with Crippen LogP contribution in [0.3, 0.4) is 0 Å². The maximum atomic E-state index is 11.9. The summed E-state index contributed by atoms with van der Waals surface area (Å²) >= 11 is 0. The molecule has 0 radical (unpaired) electrons. The standard InChI is InChI=1S/C25H24N6O3/c32-25(21-11-13-26-14-12-21)29-27-17-20-7-9-24(10-8-20)33-16-4-15-31-18-22(28-30-31)19-34-23-5-2-1-3-6-23/h1-3,5-14,17-18H,4,15-16,19H2,(H,29,32)/b27-17+. The van der Waals surface area contributed by atoms with Gasteiger partial charge in [0, 0.05) is 30.9 Å². The van der Waals surface area contributed by atoms with E-state index in [0.717, 1.165) is 29.2 Å². The molecule has 4 rings (SSSR count). The van der Waals surface area contributed by atoms with Gasteiger partial charge in [-0.25, -0.2) is 5.43 Å². The number of aryl methyl sites for hydroxylation is 1. The van der Waals surface area contributed by atoms with Gasteiger partial charge in [-0.1, -0.05) is 23.4 Å². The number of carbonyl (C=O) groups is 1. The Morgan fingerprint density at radius 1 is 0.971 bits per heavy atom. The summed E-state index contributed by atoms with van der Waals surface area (Å²) in [7, 11) is 0. The second-order valence-electron chi connectivity index (χ2n) is 7.28. The van der Waals surface area contributed by atoms with Crippen molar-refractivity contribution in [3.05, 3.63) is 102 Å². The number of hydrogen-bond donors (Lipinski definition) is 1. The van der Waals surface area contributed by atoms with Gasteiger partial charge < -0.3 is 9.47 Å². The van der Waals surface area contributed by atoms with E-state index >= 15 is 0 Å². The van der Waals surface area contributed by atoms with E-state index in [4.69, 9.17) is 9.47 Å². The van der Waals surface area contributed by atoms with Gasteiger partial charge in [-0.3, -0.25) is 14.5 Å². The molecule has 0 aliphatic heterocycles. The molecule has 9 nitrogen and oxygen atoms in total. The molecule has 0 atom stereocenters. The van der Waals surface area contributed by atoms with Crippen LogP contribution in [0.25, 0.3) is 0 Å². The number of ether oxygens (including phenoxy) is 2. The zero-order valence-corrected chi connectivity index (χ0v) is 18.4. The molecule has 2 heterocycles. The van der Waals surface area contributed by atoms with Crippen molar-refractivity contribution in [3.63, 3.8) is 0 Å². The Balaban J connectivity index is 1.14. The first-order valence-electron chi connectivity index (χ1n) is 10.8. The summed E-state index contributed by atoms with van der Waals surface area (Å²) in [6.07, 6.45) is 7.36. The molecule has 34 heavy (non-hydrogen) atoms. The van der Waals surface area contributed by atoms with Crippen LogP contribution in [-0.2, 0) is 13.2 Å². The van der Waals surface area contributed by atoms with E-state index in [1.807, 2.05) is 60.8 Å². The number of aromatic nitrogens is 4. The van der Waals surface area contributed by atoms with E-state index in [0.29, 0.717) is 25.3 Å². The summed E-state index contributed by atoms with van der Waals surface area (Å²) in [4.78, 5) is 15.8. The van der Waals surface area contributed by atoms with Crippen LogP contribution in [0.5, 0.6) is 11.5 Å². The minimum atomic E-state index is -0.290. The number of amides is 1. The number of hydrogen-bond acceptors (Lipinski definition) is 7. The van der Waals surface area contributed by atoms with Gasteiger partial charge >= 0.3 is 0 Å². The first kappa shape index (κ1) is 22.7. The Hall–Kier alpha value is -4.53. The number of pyridine rings is 1. The second-order valence-corrected chi connectivity index (χ2v) is 7.28. The van der Waals surface area contributed by atoms with E-state index in [1.54, 1.807) is 35.4 Å². The van der Waals surface area contributed by atoms with Gasteiger partial charge in [0.25, 0.3) is 5.91 Å². The van der Waals surface area contributed by atoms with Crippen molar-refractivity contribution in [1.82, 2.24) is 25.4 Å². The molecule has 1 N–H and O–H groups in total. The molecule has 0 aliphatic rings. The highest BCUT2D eigenvalue weighted by Gasteiger charge is 2.03. The smallest absolute Gasteiger partial charge is 0.271 e. The first-order valence-corrected chi connectivity index (χ1v) is 10.8. The van der Waals surface area contributed by atoms with Crippen molar-refractivity contribution in [2.75, 3.05) is 6.61 Å². The molecule has 0 saturated carbocycles. The number of nitrogens with one attached hydrogen (secondary N) is 1. The van der Waals surface area contributed by atoms with Crippen molar-refractivity contribution in [3.8, 4) is 11.5 Å². The lowest BCUT2D eigenvalue weighted by Gasteiger charge is -2.06. The number of benzene rings is 2. The third-order valence-electron chi connectivity index (χ3n) is 4.72. The molecule has 4 aromatic rings. The number of hydrazone groups is 1. The van der Waals surface area contributed by atoms with Gasteiger partial charge in [-0.05, 0) is 54.1 Å². The fraction of sp³-hybridized carbons (Fsp3) is 0.160. The number of para-hydroxylation sites is 1. The molecule has 0 bridgehead atoms. The summed E-state index contributed by atoms with van der Waals surface area (Å²) in [6.45, 7) is 1.62. The van der Waals surface area contributed by atoms with Crippen LogP contribution < -0.4 is 14.9 Å². The van der Waals surface area contributed by atoms with Crippen LogP contribution in [0.2, 0.25) is 0 Å². The van der Waals surface area contributed by atoms with Crippen LogP contribution in [0.1, 0.15) is 28.0 Å². The number of nitrogens with zero attached hydrogens (tertiary/aromatic N) is 5. The Morgan fingerprint density at radius 2 is 1.74 bits per heavy atom. The average Bonchev–Trinajstić information content (AvgIpc) is 3.35. The highest BCUT2D eigenvalue weighted by Crippen LogP contribution is 2.12. The molecule has 0 unspecified atom stereocenters. The topological polar surface area (TPSA) is 104 Å². The zero-order valence-electron chi connectivity index (χ0n) is 18.4. The summed E-state index contributed by atoms with van der Waals surface area (Å²) in [5.74, 6) is 1.27. The van der Waals surface area contributed by atoms with E-state index in [2.05, 4.69) is 25.8 Å². The van der Waals surface area contributed by atoms with Crippen LogP contribution in [-0.4, -0.2) is 38.7 Å². The summed E-state index contributed by atoms with van der Waals surface area (Å²) in [6, 6.07) is 20.3. The quantitative estimate of drug-likeness (QED) is 0.211. The highest BCUT2D eigenvalue weighted by molar-refractivity contribution is 5.94. The van der Waals surface area contributed by atoms with E-state index in [-0.39, 0.29) is 5.91 Å². The Morgan fingerprint density at radius 3 is 2.53 bits per heavy atom. The molecule has 0 spiro atoms. The lowest BCUT2D eigenvalue weighted by molar-refractivity contribution is 0.0955. The summed E-state index contributed by atoms with van der Waals surface area (Å²) < 4.78 is 13.3. The third-order valence-corrected chi connectivity index (χ3v) is 4.72. The number of rotatable bonds is 11. The van der Waals surface area contributed by atoms with Crippen molar-refractivity contribution in [1.29, 1.82) is 0 Å². The number of carbonyl (C=O) groups excluding carboxylic acids is 1. The third kappa shape index (κ3) is 6.99. The SMILES string of the molecule is O=C(N/N=C/c1ccc(OCCCn2cc(COc3ccccc3)nn2)cc1)c1ccncc1. The molecule has 0 aliphatic carbocycles. The van der Waals surface area contributed by atoms with Gasteiger partial charge in [0.2, 0.25) is 0 Å².